The molecule has 2 rings (SSSR count). The molecule has 5 heteroatoms. The average Bonchev–Trinajstić information content (AvgIpc) is 2.43. The first-order chi connectivity index (χ1) is 9.58. The number of anilines is 2. The normalized spacial score (nSPS) is 9.65. The SMILES string of the molecule is Cc1ccc(NC(=S)Nc2ccc(C#N)cc2)c(F)c1. The summed E-state index contributed by atoms with van der Waals surface area (Å²) in [5.74, 6) is -0.353. The molecule has 0 amide bonds. The minimum Gasteiger partial charge on any atom is -0.332 e. The maximum Gasteiger partial charge on any atom is 0.175 e. The molecule has 0 fully saturated rings. The van der Waals surface area contributed by atoms with Gasteiger partial charge in [0.15, 0.2) is 5.11 Å². The molecule has 0 atom stereocenters. The molecular formula is C15H12FN3S. The fraction of sp³-hybridized carbons (Fsp3) is 0.0667. The molecule has 0 aliphatic rings. The van der Waals surface area contributed by atoms with Crippen LogP contribution in [0.2, 0.25) is 0 Å². The van der Waals surface area contributed by atoms with Crippen molar-refractivity contribution in [1.29, 1.82) is 5.26 Å². The fourth-order valence-corrected chi connectivity index (χ4v) is 1.86. The summed E-state index contributed by atoms with van der Waals surface area (Å²) in [6, 6.07) is 13.7. The Morgan fingerprint density at radius 3 is 2.45 bits per heavy atom. The van der Waals surface area contributed by atoms with Gasteiger partial charge < -0.3 is 10.6 Å². The van der Waals surface area contributed by atoms with Crippen molar-refractivity contribution < 1.29 is 4.39 Å². The predicted molar refractivity (Wildman–Crippen MR) is 82.1 cm³/mol. The quantitative estimate of drug-likeness (QED) is 0.824. The standard InChI is InChI=1S/C15H12FN3S/c1-10-2-7-14(13(16)8-10)19-15(20)18-12-5-3-11(9-17)4-6-12/h2-8H,1H3,(H2,18,19,20). The van der Waals surface area contributed by atoms with Crippen molar-refractivity contribution in [1.82, 2.24) is 0 Å². The number of hydrogen-bond acceptors (Lipinski definition) is 2. The molecule has 0 aromatic heterocycles. The van der Waals surface area contributed by atoms with E-state index in [1.807, 2.05) is 13.0 Å². The number of hydrogen-bond donors (Lipinski definition) is 2. The second kappa shape index (κ2) is 6.13. The third-order valence-corrected chi connectivity index (χ3v) is 2.85. The fourth-order valence-electron chi connectivity index (χ4n) is 1.63. The van der Waals surface area contributed by atoms with Crippen LogP contribution in [-0.2, 0) is 0 Å². The summed E-state index contributed by atoms with van der Waals surface area (Å²) in [6.45, 7) is 1.82. The third-order valence-electron chi connectivity index (χ3n) is 2.64. The molecule has 2 aromatic carbocycles. The summed E-state index contributed by atoms with van der Waals surface area (Å²) < 4.78 is 13.7. The number of benzene rings is 2. The highest BCUT2D eigenvalue weighted by Crippen LogP contribution is 2.16. The summed E-state index contributed by atoms with van der Waals surface area (Å²) in [4.78, 5) is 0. The molecule has 0 saturated carbocycles. The van der Waals surface area contributed by atoms with Crippen LogP contribution >= 0.6 is 12.2 Å². The first kappa shape index (κ1) is 14.0. The molecule has 0 radical (unpaired) electrons. The smallest absolute Gasteiger partial charge is 0.175 e. The second-order valence-electron chi connectivity index (χ2n) is 4.25. The van der Waals surface area contributed by atoms with Crippen molar-refractivity contribution in [3.63, 3.8) is 0 Å². The van der Waals surface area contributed by atoms with Crippen molar-refractivity contribution in [2.45, 2.75) is 6.92 Å². The van der Waals surface area contributed by atoms with Gasteiger partial charge in [-0.25, -0.2) is 4.39 Å². The molecule has 0 heterocycles. The number of nitrogens with zero attached hydrogens (tertiary/aromatic N) is 1. The van der Waals surface area contributed by atoms with Gasteiger partial charge in [-0.1, -0.05) is 6.07 Å². The molecule has 0 unspecified atom stereocenters. The topological polar surface area (TPSA) is 47.8 Å². The Hall–Kier alpha value is -2.45. The van der Waals surface area contributed by atoms with Crippen LogP contribution in [-0.4, -0.2) is 5.11 Å². The number of aryl methyl sites for hydroxylation is 1. The second-order valence-corrected chi connectivity index (χ2v) is 4.66. The zero-order valence-electron chi connectivity index (χ0n) is 10.8. The van der Waals surface area contributed by atoms with Gasteiger partial charge in [0.05, 0.1) is 17.3 Å². The number of rotatable bonds is 2. The lowest BCUT2D eigenvalue weighted by Gasteiger charge is -2.11. The number of nitriles is 1. The van der Waals surface area contributed by atoms with E-state index < -0.39 is 0 Å². The van der Waals surface area contributed by atoms with E-state index in [1.165, 1.54) is 6.07 Å². The van der Waals surface area contributed by atoms with Crippen LogP contribution in [0.3, 0.4) is 0 Å². The Morgan fingerprint density at radius 2 is 1.85 bits per heavy atom. The molecule has 0 saturated heterocycles. The Kier molecular flexibility index (Phi) is 4.28. The number of thiocarbonyl (C=S) groups is 1. The molecule has 2 aromatic rings. The van der Waals surface area contributed by atoms with Gasteiger partial charge in [-0.3, -0.25) is 0 Å². The van der Waals surface area contributed by atoms with Crippen LogP contribution in [0.25, 0.3) is 0 Å². The molecule has 3 nitrogen and oxygen atoms in total. The minimum atomic E-state index is -0.353. The number of halogens is 1. The molecule has 0 bridgehead atoms. The van der Waals surface area contributed by atoms with Crippen molar-refractivity contribution in [3.8, 4) is 6.07 Å². The zero-order chi connectivity index (χ0) is 14.5. The lowest BCUT2D eigenvalue weighted by Crippen LogP contribution is -2.19. The Morgan fingerprint density at radius 1 is 1.15 bits per heavy atom. The van der Waals surface area contributed by atoms with Gasteiger partial charge in [-0.05, 0) is 61.1 Å². The summed E-state index contributed by atoms with van der Waals surface area (Å²) in [5.41, 5.74) is 2.47. The lowest BCUT2D eigenvalue weighted by atomic mass is 10.2. The largest absolute Gasteiger partial charge is 0.332 e. The van der Waals surface area contributed by atoms with Crippen LogP contribution < -0.4 is 10.6 Å². The molecule has 2 N–H and O–H groups in total. The van der Waals surface area contributed by atoms with E-state index in [-0.39, 0.29) is 10.9 Å². The van der Waals surface area contributed by atoms with Gasteiger partial charge in [-0.2, -0.15) is 5.26 Å². The van der Waals surface area contributed by atoms with Gasteiger partial charge >= 0.3 is 0 Å². The third kappa shape index (κ3) is 3.53. The van der Waals surface area contributed by atoms with E-state index in [1.54, 1.807) is 36.4 Å². The van der Waals surface area contributed by atoms with Crippen LogP contribution in [0.5, 0.6) is 0 Å². The summed E-state index contributed by atoms with van der Waals surface area (Å²) in [5, 5.41) is 14.7. The van der Waals surface area contributed by atoms with E-state index >= 15 is 0 Å². The van der Waals surface area contributed by atoms with Crippen molar-refractivity contribution in [3.05, 3.63) is 59.4 Å². The molecule has 20 heavy (non-hydrogen) atoms. The maximum atomic E-state index is 13.7. The summed E-state index contributed by atoms with van der Waals surface area (Å²) in [6.07, 6.45) is 0. The Bertz CT molecular complexity index is 675. The van der Waals surface area contributed by atoms with Crippen LogP contribution in [0.4, 0.5) is 15.8 Å². The van der Waals surface area contributed by atoms with E-state index in [0.29, 0.717) is 11.3 Å². The zero-order valence-corrected chi connectivity index (χ0v) is 11.6. The van der Waals surface area contributed by atoms with E-state index in [2.05, 4.69) is 10.6 Å². The van der Waals surface area contributed by atoms with Gasteiger partial charge in [0.1, 0.15) is 5.82 Å². The number of nitrogens with one attached hydrogen (secondary N) is 2. The molecule has 100 valence electrons. The highest BCUT2D eigenvalue weighted by molar-refractivity contribution is 7.80. The van der Waals surface area contributed by atoms with Crippen LogP contribution in [0.1, 0.15) is 11.1 Å². The van der Waals surface area contributed by atoms with Crippen LogP contribution in [0.15, 0.2) is 42.5 Å². The van der Waals surface area contributed by atoms with Gasteiger partial charge in [0, 0.05) is 5.69 Å². The molecule has 0 aliphatic carbocycles. The maximum absolute atomic E-state index is 13.7. The van der Waals surface area contributed by atoms with Gasteiger partial charge in [0.25, 0.3) is 0 Å². The molecular weight excluding hydrogens is 273 g/mol. The van der Waals surface area contributed by atoms with Gasteiger partial charge in [0.2, 0.25) is 0 Å². The molecule has 0 spiro atoms. The summed E-state index contributed by atoms with van der Waals surface area (Å²) in [7, 11) is 0. The molecule has 0 aliphatic heterocycles. The Labute approximate surface area is 122 Å². The van der Waals surface area contributed by atoms with Crippen molar-refractivity contribution in [2.75, 3.05) is 10.6 Å². The highest BCUT2D eigenvalue weighted by Gasteiger charge is 2.04. The Balaban J connectivity index is 2.03. The average molecular weight is 285 g/mol. The monoisotopic (exact) mass is 285 g/mol. The van der Waals surface area contributed by atoms with Crippen molar-refractivity contribution in [2.24, 2.45) is 0 Å². The first-order valence-electron chi connectivity index (χ1n) is 5.93. The minimum absolute atomic E-state index is 0.289. The van der Waals surface area contributed by atoms with E-state index in [4.69, 9.17) is 17.5 Å². The van der Waals surface area contributed by atoms with Gasteiger partial charge in [-0.15, -0.1) is 0 Å². The lowest BCUT2D eigenvalue weighted by molar-refractivity contribution is 0.631. The van der Waals surface area contributed by atoms with E-state index in [9.17, 15) is 4.39 Å². The first-order valence-corrected chi connectivity index (χ1v) is 6.33. The van der Waals surface area contributed by atoms with Crippen LogP contribution in [0, 0.1) is 24.1 Å². The predicted octanol–water partition coefficient (Wildman–Crippen LogP) is 3.81. The van der Waals surface area contributed by atoms with Crippen molar-refractivity contribution >= 4 is 28.7 Å². The summed E-state index contributed by atoms with van der Waals surface area (Å²) >= 11 is 5.12. The highest BCUT2D eigenvalue weighted by atomic mass is 32.1. The van der Waals surface area contributed by atoms with E-state index in [0.717, 1.165) is 11.3 Å².